The predicted octanol–water partition coefficient (Wildman–Crippen LogP) is 2.50. The maximum absolute atomic E-state index is 11.2. The van der Waals surface area contributed by atoms with Gasteiger partial charge in [0, 0.05) is 12.6 Å². The van der Waals surface area contributed by atoms with Crippen LogP contribution in [0.3, 0.4) is 0 Å². The quantitative estimate of drug-likeness (QED) is 0.662. The lowest BCUT2D eigenvalue weighted by Gasteiger charge is -2.32. The van der Waals surface area contributed by atoms with Crippen molar-refractivity contribution in [2.75, 3.05) is 32.1 Å². The van der Waals surface area contributed by atoms with Gasteiger partial charge in [-0.1, -0.05) is 13.0 Å². The van der Waals surface area contributed by atoms with E-state index in [0.717, 1.165) is 32.5 Å². The summed E-state index contributed by atoms with van der Waals surface area (Å²) in [6.07, 6.45) is 2.15. The molecule has 2 rings (SSSR count). The van der Waals surface area contributed by atoms with E-state index in [1.54, 1.807) is 18.2 Å². The van der Waals surface area contributed by atoms with E-state index in [-0.39, 0.29) is 16.7 Å². The van der Waals surface area contributed by atoms with Gasteiger partial charge in [0.15, 0.2) is 5.75 Å². The van der Waals surface area contributed by atoms with Crippen LogP contribution in [0.5, 0.6) is 5.75 Å². The molecule has 1 fully saturated rings. The molecule has 6 heteroatoms. The Morgan fingerprint density at radius 2 is 2.35 bits per heavy atom. The molecule has 110 valence electrons. The van der Waals surface area contributed by atoms with Crippen molar-refractivity contribution in [3.8, 4) is 5.75 Å². The topological polar surface area (TPSA) is 67.6 Å². The van der Waals surface area contributed by atoms with E-state index in [1.807, 2.05) is 0 Å². The average Bonchev–Trinajstić information content (AvgIpc) is 2.46. The summed E-state index contributed by atoms with van der Waals surface area (Å²) < 4.78 is 5.09. The molecule has 0 radical (unpaired) electrons. The fourth-order valence-electron chi connectivity index (χ4n) is 2.67. The Balaban J connectivity index is 2.18. The van der Waals surface area contributed by atoms with Gasteiger partial charge in [-0.3, -0.25) is 10.1 Å². The van der Waals surface area contributed by atoms with Crippen molar-refractivity contribution >= 4 is 11.4 Å². The molecule has 0 spiro atoms. The third kappa shape index (κ3) is 3.19. The van der Waals surface area contributed by atoms with Crippen molar-refractivity contribution in [2.24, 2.45) is 0 Å². The molecule has 1 aromatic rings. The van der Waals surface area contributed by atoms with E-state index in [1.165, 1.54) is 7.11 Å². The minimum atomic E-state index is -0.387. The third-order valence-corrected chi connectivity index (χ3v) is 3.71. The number of para-hydroxylation sites is 1. The molecule has 1 unspecified atom stereocenters. The molecule has 1 N–H and O–H groups in total. The number of methoxy groups -OCH3 is 1. The SMILES string of the molecule is CCN1CCCC(Nc2cccc(OC)c2[N+](=O)[O-])C1. The van der Waals surface area contributed by atoms with Crippen LogP contribution in [0.2, 0.25) is 0 Å². The fraction of sp³-hybridized carbons (Fsp3) is 0.571. The number of hydrogen-bond acceptors (Lipinski definition) is 5. The van der Waals surface area contributed by atoms with Crippen molar-refractivity contribution in [3.63, 3.8) is 0 Å². The van der Waals surface area contributed by atoms with Crippen LogP contribution in [0.4, 0.5) is 11.4 Å². The lowest BCUT2D eigenvalue weighted by atomic mass is 10.1. The van der Waals surface area contributed by atoms with Crippen molar-refractivity contribution in [3.05, 3.63) is 28.3 Å². The van der Waals surface area contributed by atoms with Crippen LogP contribution in [-0.2, 0) is 0 Å². The molecule has 1 atom stereocenters. The van der Waals surface area contributed by atoms with E-state index in [4.69, 9.17) is 4.74 Å². The largest absolute Gasteiger partial charge is 0.490 e. The molecule has 0 aromatic heterocycles. The molecule has 1 aliphatic rings. The van der Waals surface area contributed by atoms with E-state index in [9.17, 15) is 10.1 Å². The number of nitro groups is 1. The second-order valence-electron chi connectivity index (χ2n) is 4.99. The minimum absolute atomic E-state index is 0.0172. The zero-order valence-corrected chi connectivity index (χ0v) is 12.0. The van der Waals surface area contributed by atoms with Crippen LogP contribution in [0.25, 0.3) is 0 Å². The number of likely N-dealkylation sites (N-methyl/N-ethyl adjacent to an activating group) is 1. The van der Waals surface area contributed by atoms with Crippen molar-refractivity contribution in [2.45, 2.75) is 25.8 Å². The number of hydrogen-bond donors (Lipinski definition) is 1. The molecule has 1 heterocycles. The number of likely N-dealkylation sites (tertiary alicyclic amines) is 1. The first-order valence-electron chi connectivity index (χ1n) is 6.96. The number of benzene rings is 1. The van der Waals surface area contributed by atoms with Gasteiger partial charge in [-0.05, 0) is 38.1 Å². The summed E-state index contributed by atoms with van der Waals surface area (Å²) in [5.41, 5.74) is 0.556. The highest BCUT2D eigenvalue weighted by Crippen LogP contribution is 2.35. The Labute approximate surface area is 118 Å². The Bertz CT molecular complexity index is 479. The maximum atomic E-state index is 11.2. The van der Waals surface area contributed by atoms with Crippen LogP contribution in [-0.4, -0.2) is 42.6 Å². The number of ether oxygens (including phenoxy) is 1. The first-order valence-corrected chi connectivity index (χ1v) is 6.96. The number of piperidine rings is 1. The summed E-state index contributed by atoms with van der Waals surface area (Å²) in [5, 5.41) is 14.5. The first kappa shape index (κ1) is 14.6. The molecule has 20 heavy (non-hydrogen) atoms. The highest BCUT2D eigenvalue weighted by molar-refractivity contribution is 5.68. The second-order valence-corrected chi connectivity index (χ2v) is 4.99. The predicted molar refractivity (Wildman–Crippen MR) is 78.4 cm³/mol. The molecule has 1 aromatic carbocycles. The first-order chi connectivity index (χ1) is 9.65. The summed E-state index contributed by atoms with van der Waals surface area (Å²) in [6, 6.07) is 5.37. The van der Waals surface area contributed by atoms with Gasteiger partial charge < -0.3 is 15.0 Å². The number of nitrogens with zero attached hydrogens (tertiary/aromatic N) is 2. The molecule has 1 saturated heterocycles. The molecule has 1 aliphatic heterocycles. The highest BCUT2D eigenvalue weighted by atomic mass is 16.6. The lowest BCUT2D eigenvalue weighted by Crippen LogP contribution is -2.41. The Morgan fingerprint density at radius 1 is 1.55 bits per heavy atom. The summed E-state index contributed by atoms with van der Waals surface area (Å²) in [6.45, 7) is 5.18. The van der Waals surface area contributed by atoms with Gasteiger partial charge in [-0.15, -0.1) is 0 Å². The van der Waals surface area contributed by atoms with Crippen LogP contribution in [0, 0.1) is 10.1 Å². The summed E-state index contributed by atoms with van der Waals surface area (Å²) in [4.78, 5) is 13.2. The zero-order valence-electron chi connectivity index (χ0n) is 12.0. The second kappa shape index (κ2) is 6.56. The van der Waals surface area contributed by atoms with Crippen LogP contribution in [0.1, 0.15) is 19.8 Å². The molecular weight excluding hydrogens is 258 g/mol. The molecular formula is C14H21N3O3. The Morgan fingerprint density at radius 3 is 3.00 bits per heavy atom. The molecule has 0 amide bonds. The molecule has 0 saturated carbocycles. The number of nitrogens with one attached hydrogen (secondary N) is 1. The Kier molecular flexibility index (Phi) is 4.79. The Hall–Kier alpha value is -1.82. The normalized spacial score (nSPS) is 19.6. The number of rotatable bonds is 5. The minimum Gasteiger partial charge on any atom is -0.490 e. The molecule has 0 bridgehead atoms. The van der Waals surface area contributed by atoms with Gasteiger partial charge in [0.25, 0.3) is 0 Å². The van der Waals surface area contributed by atoms with Crippen molar-refractivity contribution in [1.82, 2.24) is 4.90 Å². The monoisotopic (exact) mass is 279 g/mol. The van der Waals surface area contributed by atoms with Crippen LogP contribution in [0.15, 0.2) is 18.2 Å². The average molecular weight is 279 g/mol. The van der Waals surface area contributed by atoms with E-state index in [2.05, 4.69) is 17.1 Å². The van der Waals surface area contributed by atoms with E-state index < -0.39 is 0 Å². The molecule has 0 aliphatic carbocycles. The van der Waals surface area contributed by atoms with Gasteiger partial charge in [0.1, 0.15) is 5.69 Å². The van der Waals surface area contributed by atoms with E-state index >= 15 is 0 Å². The third-order valence-electron chi connectivity index (χ3n) is 3.71. The van der Waals surface area contributed by atoms with Crippen molar-refractivity contribution < 1.29 is 9.66 Å². The lowest BCUT2D eigenvalue weighted by molar-refractivity contribution is -0.384. The highest BCUT2D eigenvalue weighted by Gasteiger charge is 2.24. The summed E-state index contributed by atoms with van der Waals surface area (Å²) >= 11 is 0. The van der Waals surface area contributed by atoms with Gasteiger partial charge in [-0.2, -0.15) is 0 Å². The maximum Gasteiger partial charge on any atom is 0.333 e. The zero-order chi connectivity index (χ0) is 14.5. The fourth-order valence-corrected chi connectivity index (χ4v) is 2.67. The van der Waals surface area contributed by atoms with Crippen LogP contribution >= 0.6 is 0 Å². The number of nitro benzene ring substituents is 1. The van der Waals surface area contributed by atoms with Crippen molar-refractivity contribution in [1.29, 1.82) is 0 Å². The number of anilines is 1. The summed E-state index contributed by atoms with van der Waals surface area (Å²) in [7, 11) is 1.45. The standard InChI is InChI=1S/C14H21N3O3/c1-3-16-9-5-6-11(10-16)15-12-7-4-8-13(20-2)14(12)17(18)19/h4,7-8,11,15H,3,5-6,9-10H2,1-2H3. The van der Waals surface area contributed by atoms with Gasteiger partial charge in [-0.25, -0.2) is 0 Å². The smallest absolute Gasteiger partial charge is 0.333 e. The van der Waals surface area contributed by atoms with Gasteiger partial charge in [0.05, 0.1) is 12.0 Å². The van der Waals surface area contributed by atoms with Gasteiger partial charge in [0.2, 0.25) is 0 Å². The summed E-state index contributed by atoms with van der Waals surface area (Å²) in [5.74, 6) is 0.295. The van der Waals surface area contributed by atoms with E-state index in [0.29, 0.717) is 11.4 Å². The molecule has 6 nitrogen and oxygen atoms in total. The van der Waals surface area contributed by atoms with Gasteiger partial charge >= 0.3 is 5.69 Å². The van der Waals surface area contributed by atoms with Crippen LogP contribution < -0.4 is 10.1 Å².